The number of aryl methyl sites for hydroxylation is 1. The molecule has 2 N–H and O–H groups in total. The summed E-state index contributed by atoms with van der Waals surface area (Å²) in [5.41, 5.74) is 8.67. The Balaban J connectivity index is 2.28. The highest BCUT2D eigenvalue weighted by Crippen LogP contribution is 2.36. The molecule has 2 heteroatoms. The summed E-state index contributed by atoms with van der Waals surface area (Å²) in [5.74, 6) is 0.627. The molecule has 2 rings (SSSR count). The topological polar surface area (TPSA) is 29.3 Å². The van der Waals surface area contributed by atoms with Gasteiger partial charge < -0.3 is 5.73 Å². The summed E-state index contributed by atoms with van der Waals surface area (Å²) >= 11 is 0. The third kappa shape index (κ3) is 2.13. The molecule has 0 amide bonds. The fourth-order valence-corrected chi connectivity index (χ4v) is 2.87. The van der Waals surface area contributed by atoms with Crippen LogP contribution in [0, 0.1) is 12.8 Å². The summed E-state index contributed by atoms with van der Waals surface area (Å²) < 4.78 is 0. The van der Waals surface area contributed by atoms with Gasteiger partial charge in [-0.3, -0.25) is 4.90 Å². The van der Waals surface area contributed by atoms with Gasteiger partial charge in [0.05, 0.1) is 0 Å². The van der Waals surface area contributed by atoms with E-state index in [1.165, 1.54) is 24.1 Å². The van der Waals surface area contributed by atoms with E-state index < -0.39 is 0 Å². The van der Waals surface area contributed by atoms with Crippen LogP contribution in [0.3, 0.4) is 0 Å². The Morgan fingerprint density at radius 2 is 2.25 bits per heavy atom. The maximum Gasteiger partial charge on any atom is 0.0388 e. The molecule has 0 saturated carbocycles. The van der Waals surface area contributed by atoms with Crippen LogP contribution in [0.1, 0.15) is 30.5 Å². The maximum atomic E-state index is 5.89. The van der Waals surface area contributed by atoms with E-state index in [2.05, 4.69) is 43.0 Å². The van der Waals surface area contributed by atoms with Gasteiger partial charge in [-0.2, -0.15) is 0 Å². The minimum atomic E-state index is 0.537. The normalized spacial score (nSPS) is 26.2. The van der Waals surface area contributed by atoms with Crippen molar-refractivity contribution in [3.05, 3.63) is 35.4 Å². The molecule has 1 aliphatic rings. The second-order valence-corrected chi connectivity index (χ2v) is 4.77. The fraction of sp³-hybridized carbons (Fsp3) is 0.571. The van der Waals surface area contributed by atoms with Gasteiger partial charge in [0.15, 0.2) is 0 Å². The molecule has 2 unspecified atom stereocenters. The first-order chi connectivity index (χ1) is 7.76. The maximum absolute atomic E-state index is 5.89. The van der Waals surface area contributed by atoms with Crippen molar-refractivity contribution in [1.82, 2.24) is 4.90 Å². The fourth-order valence-electron chi connectivity index (χ4n) is 2.87. The van der Waals surface area contributed by atoms with Crippen molar-refractivity contribution < 1.29 is 0 Å². The SMILES string of the molecule is CCN1CCC(CN)C1c1cccc(C)c1. The standard InChI is InChI=1S/C14H22N2/c1-3-16-8-7-13(10-15)14(16)12-6-4-5-11(2)9-12/h4-6,9,13-14H,3,7-8,10,15H2,1-2H3. The van der Waals surface area contributed by atoms with Gasteiger partial charge in [-0.1, -0.05) is 36.8 Å². The molecular formula is C14H22N2. The molecule has 1 heterocycles. The Morgan fingerprint density at radius 3 is 2.88 bits per heavy atom. The van der Waals surface area contributed by atoms with E-state index >= 15 is 0 Å². The smallest absolute Gasteiger partial charge is 0.0388 e. The molecule has 0 spiro atoms. The van der Waals surface area contributed by atoms with E-state index in [1.807, 2.05) is 0 Å². The third-order valence-electron chi connectivity index (χ3n) is 3.72. The molecule has 0 bridgehead atoms. The van der Waals surface area contributed by atoms with Gasteiger partial charge in [0.2, 0.25) is 0 Å². The van der Waals surface area contributed by atoms with Crippen LogP contribution in [-0.4, -0.2) is 24.5 Å². The number of likely N-dealkylation sites (tertiary alicyclic amines) is 1. The van der Waals surface area contributed by atoms with Crippen molar-refractivity contribution in [1.29, 1.82) is 0 Å². The average Bonchev–Trinajstić information content (AvgIpc) is 2.71. The molecule has 1 aromatic carbocycles. The number of nitrogens with two attached hydrogens (primary N) is 1. The summed E-state index contributed by atoms with van der Waals surface area (Å²) in [6, 6.07) is 9.40. The molecule has 2 atom stereocenters. The molecule has 2 nitrogen and oxygen atoms in total. The Morgan fingerprint density at radius 1 is 1.44 bits per heavy atom. The molecule has 0 radical (unpaired) electrons. The predicted molar refractivity (Wildman–Crippen MR) is 68.3 cm³/mol. The molecule has 1 saturated heterocycles. The van der Waals surface area contributed by atoms with Gasteiger partial charge in [0, 0.05) is 6.04 Å². The lowest BCUT2D eigenvalue weighted by atomic mass is 9.93. The summed E-state index contributed by atoms with van der Waals surface area (Å²) in [5, 5.41) is 0. The van der Waals surface area contributed by atoms with Gasteiger partial charge in [0.25, 0.3) is 0 Å². The van der Waals surface area contributed by atoms with Crippen LogP contribution in [0.25, 0.3) is 0 Å². The second kappa shape index (κ2) is 4.98. The van der Waals surface area contributed by atoms with E-state index in [0.29, 0.717) is 12.0 Å². The summed E-state index contributed by atoms with van der Waals surface area (Å²) in [7, 11) is 0. The lowest BCUT2D eigenvalue weighted by Crippen LogP contribution is -2.28. The Bertz CT molecular complexity index is 336. The van der Waals surface area contributed by atoms with Gasteiger partial charge in [-0.05, 0) is 44.5 Å². The minimum Gasteiger partial charge on any atom is -0.330 e. The summed E-state index contributed by atoms with van der Waals surface area (Å²) in [6.07, 6.45) is 1.24. The first-order valence-electron chi connectivity index (χ1n) is 6.27. The number of benzene rings is 1. The van der Waals surface area contributed by atoms with Gasteiger partial charge >= 0.3 is 0 Å². The van der Waals surface area contributed by atoms with Crippen molar-refractivity contribution in [3.63, 3.8) is 0 Å². The van der Waals surface area contributed by atoms with Crippen molar-refractivity contribution in [2.24, 2.45) is 11.7 Å². The first-order valence-corrected chi connectivity index (χ1v) is 6.27. The molecule has 88 valence electrons. The van der Waals surface area contributed by atoms with E-state index in [4.69, 9.17) is 5.73 Å². The van der Waals surface area contributed by atoms with Gasteiger partial charge in [-0.15, -0.1) is 0 Å². The van der Waals surface area contributed by atoms with Gasteiger partial charge in [-0.25, -0.2) is 0 Å². The number of rotatable bonds is 3. The van der Waals surface area contributed by atoms with Gasteiger partial charge in [0.1, 0.15) is 0 Å². The molecule has 0 aromatic heterocycles. The minimum absolute atomic E-state index is 0.537. The molecular weight excluding hydrogens is 196 g/mol. The van der Waals surface area contributed by atoms with Crippen molar-refractivity contribution >= 4 is 0 Å². The lowest BCUT2D eigenvalue weighted by molar-refractivity contribution is 0.242. The van der Waals surface area contributed by atoms with Crippen LogP contribution >= 0.6 is 0 Å². The summed E-state index contributed by atoms with van der Waals surface area (Å²) in [6.45, 7) is 7.51. The van der Waals surface area contributed by atoms with Crippen LogP contribution < -0.4 is 5.73 Å². The quantitative estimate of drug-likeness (QED) is 0.843. The Hall–Kier alpha value is -0.860. The van der Waals surface area contributed by atoms with Crippen LogP contribution in [0.5, 0.6) is 0 Å². The van der Waals surface area contributed by atoms with E-state index in [0.717, 1.165) is 13.1 Å². The zero-order chi connectivity index (χ0) is 11.5. The zero-order valence-electron chi connectivity index (χ0n) is 10.3. The molecule has 0 aliphatic carbocycles. The largest absolute Gasteiger partial charge is 0.330 e. The molecule has 1 aliphatic heterocycles. The van der Waals surface area contributed by atoms with Crippen molar-refractivity contribution in [2.75, 3.05) is 19.6 Å². The monoisotopic (exact) mass is 218 g/mol. The highest BCUT2D eigenvalue weighted by molar-refractivity contribution is 5.26. The van der Waals surface area contributed by atoms with Crippen molar-refractivity contribution in [2.45, 2.75) is 26.3 Å². The van der Waals surface area contributed by atoms with Crippen LogP contribution in [-0.2, 0) is 0 Å². The van der Waals surface area contributed by atoms with E-state index in [-0.39, 0.29) is 0 Å². The molecule has 16 heavy (non-hydrogen) atoms. The number of nitrogens with zero attached hydrogens (tertiary/aromatic N) is 1. The highest BCUT2D eigenvalue weighted by Gasteiger charge is 2.33. The lowest BCUT2D eigenvalue weighted by Gasteiger charge is -2.27. The third-order valence-corrected chi connectivity index (χ3v) is 3.72. The van der Waals surface area contributed by atoms with Crippen LogP contribution in [0.2, 0.25) is 0 Å². The highest BCUT2D eigenvalue weighted by atomic mass is 15.2. The predicted octanol–water partition coefficient (Wildman–Crippen LogP) is 2.34. The zero-order valence-corrected chi connectivity index (χ0v) is 10.3. The number of hydrogen-bond donors (Lipinski definition) is 1. The molecule has 1 aromatic rings. The number of hydrogen-bond acceptors (Lipinski definition) is 2. The van der Waals surface area contributed by atoms with Crippen molar-refractivity contribution in [3.8, 4) is 0 Å². The second-order valence-electron chi connectivity index (χ2n) is 4.77. The van der Waals surface area contributed by atoms with Crippen LogP contribution in [0.4, 0.5) is 0 Å². The van der Waals surface area contributed by atoms with E-state index in [9.17, 15) is 0 Å². The van der Waals surface area contributed by atoms with E-state index in [1.54, 1.807) is 0 Å². The first kappa shape index (κ1) is 11.6. The summed E-state index contributed by atoms with van der Waals surface area (Å²) in [4.78, 5) is 2.55. The Labute approximate surface area is 98.4 Å². The van der Waals surface area contributed by atoms with Crippen LogP contribution in [0.15, 0.2) is 24.3 Å². The Kier molecular flexibility index (Phi) is 3.62. The molecule has 1 fully saturated rings. The average molecular weight is 218 g/mol.